The maximum atomic E-state index is 11.8. The highest BCUT2D eigenvalue weighted by Crippen LogP contribution is 2.26. The number of hydrogen-bond donors (Lipinski definition) is 0. The third-order valence-electron chi connectivity index (χ3n) is 2.59. The smallest absolute Gasteiger partial charge is 0.341 e. The van der Waals surface area contributed by atoms with Gasteiger partial charge in [-0.15, -0.1) is 0 Å². The minimum Gasteiger partial charge on any atom is -0.465 e. The number of nitrogens with zero attached hydrogens (tertiary/aromatic N) is 1. The molecule has 6 heteroatoms. The molecule has 0 saturated carbocycles. The Balaban J connectivity index is 3.67. The summed E-state index contributed by atoms with van der Waals surface area (Å²) in [7, 11) is 2.46. The SMILES string of the molecule is CCc1c(C)nc(Cl)c(C(=O)OC)c1C(=O)OC. The second-order valence-corrected chi connectivity index (χ2v) is 3.91. The summed E-state index contributed by atoms with van der Waals surface area (Å²) in [4.78, 5) is 27.6. The topological polar surface area (TPSA) is 65.5 Å². The molecule has 0 radical (unpaired) electrons. The van der Waals surface area contributed by atoms with E-state index in [4.69, 9.17) is 16.3 Å². The molecule has 18 heavy (non-hydrogen) atoms. The van der Waals surface area contributed by atoms with Crippen LogP contribution in [0.1, 0.15) is 38.9 Å². The van der Waals surface area contributed by atoms with Crippen LogP contribution in [0.4, 0.5) is 0 Å². The Hall–Kier alpha value is -1.62. The lowest BCUT2D eigenvalue weighted by atomic mass is 9.99. The van der Waals surface area contributed by atoms with Crippen molar-refractivity contribution in [1.29, 1.82) is 0 Å². The van der Waals surface area contributed by atoms with Crippen LogP contribution in [-0.4, -0.2) is 31.1 Å². The lowest BCUT2D eigenvalue weighted by Gasteiger charge is -2.14. The number of carbonyl (C=O) groups excluding carboxylic acids is 2. The summed E-state index contributed by atoms with van der Waals surface area (Å²) in [5.41, 5.74) is 1.31. The number of halogens is 1. The third kappa shape index (κ3) is 2.46. The highest BCUT2D eigenvalue weighted by molar-refractivity contribution is 6.33. The van der Waals surface area contributed by atoms with E-state index < -0.39 is 11.9 Å². The van der Waals surface area contributed by atoms with Crippen molar-refractivity contribution in [2.24, 2.45) is 0 Å². The molecule has 0 aliphatic carbocycles. The molecule has 0 aromatic carbocycles. The first-order valence-electron chi connectivity index (χ1n) is 5.33. The number of aryl methyl sites for hydroxylation is 1. The van der Waals surface area contributed by atoms with Gasteiger partial charge in [-0.2, -0.15) is 0 Å². The second kappa shape index (κ2) is 5.82. The average molecular weight is 272 g/mol. The fourth-order valence-corrected chi connectivity index (χ4v) is 2.05. The van der Waals surface area contributed by atoms with Crippen molar-refractivity contribution in [2.45, 2.75) is 20.3 Å². The first kappa shape index (κ1) is 14.4. The van der Waals surface area contributed by atoms with Crippen LogP contribution < -0.4 is 0 Å². The Morgan fingerprint density at radius 3 is 2.11 bits per heavy atom. The molecule has 0 saturated heterocycles. The van der Waals surface area contributed by atoms with Gasteiger partial charge in [-0.25, -0.2) is 14.6 Å². The fourth-order valence-electron chi connectivity index (χ4n) is 1.75. The highest BCUT2D eigenvalue weighted by Gasteiger charge is 2.27. The monoisotopic (exact) mass is 271 g/mol. The van der Waals surface area contributed by atoms with E-state index in [1.54, 1.807) is 6.92 Å². The zero-order valence-corrected chi connectivity index (χ0v) is 11.4. The molecule has 98 valence electrons. The molecule has 0 N–H and O–H groups in total. The molecule has 0 aliphatic heterocycles. The van der Waals surface area contributed by atoms with Crippen molar-refractivity contribution in [3.8, 4) is 0 Å². The van der Waals surface area contributed by atoms with Crippen molar-refractivity contribution in [1.82, 2.24) is 4.98 Å². The Morgan fingerprint density at radius 1 is 1.17 bits per heavy atom. The van der Waals surface area contributed by atoms with E-state index in [0.29, 0.717) is 17.7 Å². The van der Waals surface area contributed by atoms with Gasteiger partial charge < -0.3 is 9.47 Å². The van der Waals surface area contributed by atoms with Gasteiger partial charge >= 0.3 is 11.9 Å². The number of hydrogen-bond acceptors (Lipinski definition) is 5. The summed E-state index contributed by atoms with van der Waals surface area (Å²) in [6.07, 6.45) is 0.532. The van der Waals surface area contributed by atoms with Crippen LogP contribution in [0.15, 0.2) is 0 Å². The summed E-state index contributed by atoms with van der Waals surface area (Å²) < 4.78 is 9.31. The van der Waals surface area contributed by atoms with E-state index >= 15 is 0 Å². The standard InChI is InChI=1S/C12H14ClNO4/c1-5-7-6(2)14-10(13)9(12(16)18-4)8(7)11(15)17-3/h5H2,1-4H3. The van der Waals surface area contributed by atoms with Gasteiger partial charge in [0.1, 0.15) is 10.7 Å². The Kier molecular flexibility index (Phi) is 4.67. The second-order valence-electron chi connectivity index (χ2n) is 3.55. The summed E-state index contributed by atoms with van der Waals surface area (Å²) in [5, 5.41) is -0.0584. The molecule has 1 heterocycles. The van der Waals surface area contributed by atoms with Gasteiger partial charge in [-0.05, 0) is 18.9 Å². The average Bonchev–Trinajstić information content (AvgIpc) is 2.36. The van der Waals surface area contributed by atoms with E-state index in [9.17, 15) is 9.59 Å². The van der Waals surface area contributed by atoms with Gasteiger partial charge in [-0.1, -0.05) is 18.5 Å². The minimum atomic E-state index is -0.706. The first-order chi connectivity index (χ1) is 8.47. The molecular formula is C12H14ClNO4. The van der Waals surface area contributed by atoms with E-state index in [2.05, 4.69) is 9.72 Å². The van der Waals surface area contributed by atoms with Crippen LogP contribution in [-0.2, 0) is 15.9 Å². The Bertz CT molecular complexity index is 499. The lowest BCUT2D eigenvalue weighted by molar-refractivity contribution is 0.0553. The molecule has 0 atom stereocenters. The number of rotatable bonds is 3. The zero-order chi connectivity index (χ0) is 13.9. The molecule has 1 aromatic rings. The molecule has 1 rings (SSSR count). The summed E-state index contributed by atoms with van der Waals surface area (Å²) in [6.45, 7) is 3.57. The van der Waals surface area contributed by atoms with Crippen LogP contribution in [0.5, 0.6) is 0 Å². The molecule has 1 aromatic heterocycles. The summed E-state index contributed by atoms with van der Waals surface area (Å²) in [6, 6.07) is 0. The summed E-state index contributed by atoms with van der Waals surface area (Å²) in [5.74, 6) is -1.33. The molecule has 0 aliphatic rings. The van der Waals surface area contributed by atoms with Gasteiger partial charge in [0.05, 0.1) is 19.8 Å². The number of methoxy groups -OCH3 is 2. The predicted octanol–water partition coefficient (Wildman–Crippen LogP) is 2.18. The number of esters is 2. The highest BCUT2D eigenvalue weighted by atomic mass is 35.5. The third-order valence-corrected chi connectivity index (χ3v) is 2.87. The number of carbonyl (C=O) groups is 2. The zero-order valence-electron chi connectivity index (χ0n) is 10.7. The van der Waals surface area contributed by atoms with Gasteiger partial charge in [0.2, 0.25) is 0 Å². The molecule has 0 bridgehead atoms. The molecule has 0 spiro atoms. The van der Waals surface area contributed by atoms with E-state index in [-0.39, 0.29) is 16.3 Å². The van der Waals surface area contributed by atoms with Gasteiger partial charge in [-0.3, -0.25) is 0 Å². The van der Waals surface area contributed by atoms with Gasteiger partial charge in [0.15, 0.2) is 0 Å². The predicted molar refractivity (Wildman–Crippen MR) is 66.0 cm³/mol. The van der Waals surface area contributed by atoms with Crippen molar-refractivity contribution in [2.75, 3.05) is 14.2 Å². The van der Waals surface area contributed by atoms with E-state index in [1.807, 2.05) is 6.92 Å². The molecular weight excluding hydrogens is 258 g/mol. The van der Waals surface area contributed by atoms with Crippen molar-refractivity contribution < 1.29 is 19.1 Å². The summed E-state index contributed by atoms with van der Waals surface area (Å²) >= 11 is 5.92. The maximum Gasteiger partial charge on any atom is 0.341 e. The van der Waals surface area contributed by atoms with Crippen LogP contribution in [0.3, 0.4) is 0 Å². The van der Waals surface area contributed by atoms with Gasteiger partial charge in [0, 0.05) is 5.69 Å². The van der Waals surface area contributed by atoms with Crippen molar-refractivity contribution in [3.05, 3.63) is 27.5 Å². The largest absolute Gasteiger partial charge is 0.465 e. The first-order valence-corrected chi connectivity index (χ1v) is 5.71. The Labute approximate surface area is 110 Å². The normalized spacial score (nSPS) is 10.1. The number of pyridine rings is 1. The number of aromatic nitrogens is 1. The van der Waals surface area contributed by atoms with Crippen LogP contribution in [0.25, 0.3) is 0 Å². The van der Waals surface area contributed by atoms with Crippen LogP contribution >= 0.6 is 11.6 Å². The lowest BCUT2D eigenvalue weighted by Crippen LogP contribution is -2.17. The van der Waals surface area contributed by atoms with Crippen LogP contribution in [0, 0.1) is 6.92 Å². The quantitative estimate of drug-likeness (QED) is 0.623. The van der Waals surface area contributed by atoms with Crippen molar-refractivity contribution >= 4 is 23.5 Å². The van der Waals surface area contributed by atoms with E-state index in [0.717, 1.165) is 0 Å². The number of ether oxygens (including phenoxy) is 2. The fraction of sp³-hybridized carbons (Fsp3) is 0.417. The van der Waals surface area contributed by atoms with Crippen molar-refractivity contribution in [3.63, 3.8) is 0 Å². The Morgan fingerprint density at radius 2 is 1.67 bits per heavy atom. The molecule has 0 fully saturated rings. The molecule has 5 nitrogen and oxygen atoms in total. The minimum absolute atomic E-state index is 0.0477. The van der Waals surface area contributed by atoms with Gasteiger partial charge in [0.25, 0.3) is 0 Å². The van der Waals surface area contributed by atoms with E-state index in [1.165, 1.54) is 14.2 Å². The molecule has 0 unspecified atom stereocenters. The molecule has 0 amide bonds. The maximum absolute atomic E-state index is 11.8. The van der Waals surface area contributed by atoms with Crippen LogP contribution in [0.2, 0.25) is 5.15 Å².